The van der Waals surface area contributed by atoms with Gasteiger partial charge in [0, 0.05) is 38.2 Å². The monoisotopic (exact) mass is 360 g/mol. The summed E-state index contributed by atoms with van der Waals surface area (Å²) >= 11 is 0. The van der Waals surface area contributed by atoms with Crippen LogP contribution in [0.4, 0.5) is 0 Å². The third kappa shape index (κ3) is 3.78. The number of hydrogen-bond donors (Lipinski definition) is 1. The third-order valence-corrected chi connectivity index (χ3v) is 5.04. The lowest BCUT2D eigenvalue weighted by Gasteiger charge is -2.25. The van der Waals surface area contributed by atoms with Crippen molar-refractivity contribution in [3.8, 4) is 0 Å². The van der Waals surface area contributed by atoms with Crippen LogP contribution in [0.1, 0.15) is 40.7 Å². The number of carbonyl (C=O) groups is 1. The Bertz CT molecular complexity index is 764. The third-order valence-electron chi connectivity index (χ3n) is 5.04. The molecule has 0 radical (unpaired) electrons. The van der Waals surface area contributed by atoms with E-state index in [4.69, 9.17) is 9.26 Å². The minimum atomic E-state index is -0.179. The molecule has 9 heteroatoms. The second-order valence-corrected chi connectivity index (χ2v) is 6.88. The molecule has 26 heavy (non-hydrogen) atoms. The van der Waals surface area contributed by atoms with E-state index in [2.05, 4.69) is 30.1 Å². The predicted octanol–water partition coefficient (Wildman–Crippen LogP) is 0.542. The molecule has 9 nitrogen and oxygen atoms in total. The van der Waals surface area contributed by atoms with E-state index in [0.717, 1.165) is 63.8 Å². The Balaban J connectivity index is 1.32. The molecule has 0 saturated carbocycles. The number of hydrogen-bond acceptors (Lipinski definition) is 7. The first kappa shape index (κ1) is 17.2. The van der Waals surface area contributed by atoms with Gasteiger partial charge in [0.1, 0.15) is 11.6 Å². The van der Waals surface area contributed by atoms with Gasteiger partial charge < -0.3 is 19.1 Å². The van der Waals surface area contributed by atoms with Gasteiger partial charge in [-0.1, -0.05) is 5.16 Å². The number of carbonyl (C=O) groups excluding carboxylic acids is 1. The molecule has 2 aromatic rings. The van der Waals surface area contributed by atoms with Gasteiger partial charge >= 0.3 is 0 Å². The number of amides is 1. The van der Waals surface area contributed by atoms with Crippen LogP contribution in [-0.4, -0.2) is 63.1 Å². The first-order chi connectivity index (χ1) is 12.7. The zero-order chi connectivity index (χ0) is 17.9. The molecule has 0 spiro atoms. The van der Waals surface area contributed by atoms with Gasteiger partial charge in [-0.3, -0.25) is 9.69 Å². The molecule has 4 rings (SSSR count). The first-order valence-corrected chi connectivity index (χ1v) is 9.14. The summed E-state index contributed by atoms with van der Waals surface area (Å²) < 4.78 is 12.8. The molecular formula is C17H24N6O3. The Morgan fingerprint density at radius 2 is 2.12 bits per heavy atom. The molecule has 0 aliphatic carbocycles. The zero-order valence-electron chi connectivity index (χ0n) is 15.0. The molecule has 0 aromatic carbocycles. The second-order valence-electron chi connectivity index (χ2n) is 6.88. The van der Waals surface area contributed by atoms with Crippen molar-refractivity contribution in [2.75, 3.05) is 26.3 Å². The van der Waals surface area contributed by atoms with Crippen LogP contribution in [0.5, 0.6) is 0 Å². The van der Waals surface area contributed by atoms with E-state index in [1.165, 1.54) is 0 Å². The predicted molar refractivity (Wildman–Crippen MR) is 91.6 cm³/mol. The van der Waals surface area contributed by atoms with Crippen molar-refractivity contribution in [2.45, 2.75) is 45.3 Å². The number of nitrogens with zero attached hydrogens (tertiary/aromatic N) is 5. The quantitative estimate of drug-likeness (QED) is 0.850. The fourth-order valence-electron chi connectivity index (χ4n) is 3.51. The maximum absolute atomic E-state index is 12.5. The van der Waals surface area contributed by atoms with E-state index in [-0.39, 0.29) is 11.9 Å². The number of rotatable bonds is 4. The summed E-state index contributed by atoms with van der Waals surface area (Å²) in [4.78, 5) is 14.7. The molecule has 1 atom stereocenters. The van der Waals surface area contributed by atoms with E-state index in [9.17, 15) is 4.79 Å². The molecule has 1 fully saturated rings. The van der Waals surface area contributed by atoms with Gasteiger partial charge in [-0.2, -0.15) is 0 Å². The number of nitrogens with one attached hydrogen (secondary N) is 1. The number of ether oxygens (including phenoxy) is 1. The highest BCUT2D eigenvalue weighted by atomic mass is 16.5. The molecular weight excluding hydrogens is 336 g/mol. The Morgan fingerprint density at radius 3 is 2.96 bits per heavy atom. The number of aromatic nitrogens is 4. The smallest absolute Gasteiger partial charge is 0.273 e. The Hall–Kier alpha value is -2.26. The SMILES string of the molecule is Cc1nnc2n1CCC(NC(=O)c1cc(CN3CCOCC3)on1)CC2. The molecule has 2 aliphatic rings. The Labute approximate surface area is 151 Å². The van der Waals surface area contributed by atoms with Crippen molar-refractivity contribution < 1.29 is 14.1 Å². The fourth-order valence-corrected chi connectivity index (χ4v) is 3.51. The summed E-state index contributed by atoms with van der Waals surface area (Å²) in [7, 11) is 0. The fraction of sp³-hybridized carbons (Fsp3) is 0.647. The first-order valence-electron chi connectivity index (χ1n) is 9.14. The van der Waals surface area contributed by atoms with Crippen LogP contribution in [0.15, 0.2) is 10.6 Å². The van der Waals surface area contributed by atoms with Crippen LogP contribution in [0.25, 0.3) is 0 Å². The molecule has 1 N–H and O–H groups in total. The minimum absolute atomic E-state index is 0.1000. The average molecular weight is 360 g/mol. The molecule has 4 heterocycles. The van der Waals surface area contributed by atoms with Crippen molar-refractivity contribution >= 4 is 5.91 Å². The molecule has 2 aliphatic heterocycles. The van der Waals surface area contributed by atoms with Crippen LogP contribution < -0.4 is 5.32 Å². The molecule has 1 unspecified atom stereocenters. The summed E-state index contributed by atoms with van der Waals surface area (Å²) in [5.41, 5.74) is 0.341. The average Bonchev–Trinajstić information content (AvgIpc) is 3.19. The van der Waals surface area contributed by atoms with Crippen molar-refractivity contribution in [1.29, 1.82) is 0 Å². The topological polar surface area (TPSA) is 98.3 Å². The van der Waals surface area contributed by atoms with Crippen molar-refractivity contribution in [3.63, 3.8) is 0 Å². The largest absolute Gasteiger partial charge is 0.379 e. The van der Waals surface area contributed by atoms with Crippen LogP contribution in [0.3, 0.4) is 0 Å². The standard InChI is InChI=1S/C17H24N6O3/c1-12-19-20-16-3-2-13(4-5-23(12)16)18-17(24)15-10-14(26-21-15)11-22-6-8-25-9-7-22/h10,13H,2-9,11H2,1H3,(H,18,24). The van der Waals surface area contributed by atoms with Gasteiger partial charge in [0.05, 0.1) is 19.8 Å². The van der Waals surface area contributed by atoms with Crippen LogP contribution in [0, 0.1) is 6.92 Å². The Morgan fingerprint density at radius 1 is 1.27 bits per heavy atom. The normalized spacial score (nSPS) is 21.2. The van der Waals surface area contributed by atoms with Gasteiger partial charge in [-0.05, 0) is 19.8 Å². The van der Waals surface area contributed by atoms with E-state index < -0.39 is 0 Å². The van der Waals surface area contributed by atoms with Gasteiger partial charge in [0.2, 0.25) is 0 Å². The number of morpholine rings is 1. The minimum Gasteiger partial charge on any atom is -0.379 e. The van der Waals surface area contributed by atoms with Crippen LogP contribution >= 0.6 is 0 Å². The van der Waals surface area contributed by atoms with Gasteiger partial charge in [0.15, 0.2) is 11.5 Å². The second kappa shape index (κ2) is 7.55. The van der Waals surface area contributed by atoms with E-state index in [1.54, 1.807) is 6.07 Å². The lowest BCUT2D eigenvalue weighted by molar-refractivity contribution is 0.0305. The lowest BCUT2D eigenvalue weighted by atomic mass is 10.1. The molecule has 1 amide bonds. The van der Waals surface area contributed by atoms with Crippen molar-refractivity contribution in [1.82, 2.24) is 30.1 Å². The molecule has 140 valence electrons. The highest BCUT2D eigenvalue weighted by molar-refractivity contribution is 5.92. The Kier molecular flexibility index (Phi) is 4.98. The summed E-state index contributed by atoms with van der Waals surface area (Å²) in [6.07, 6.45) is 2.52. The summed E-state index contributed by atoms with van der Waals surface area (Å²) in [5, 5.41) is 15.3. The van der Waals surface area contributed by atoms with Crippen LogP contribution in [-0.2, 0) is 24.2 Å². The summed E-state index contributed by atoms with van der Waals surface area (Å²) in [5.74, 6) is 2.45. The number of aryl methyl sites for hydroxylation is 2. The zero-order valence-corrected chi connectivity index (χ0v) is 15.0. The van der Waals surface area contributed by atoms with E-state index in [0.29, 0.717) is 18.0 Å². The lowest BCUT2D eigenvalue weighted by Crippen LogP contribution is -2.36. The maximum atomic E-state index is 12.5. The molecule has 0 bridgehead atoms. The van der Waals surface area contributed by atoms with E-state index in [1.807, 2.05) is 6.92 Å². The summed E-state index contributed by atoms with van der Waals surface area (Å²) in [6.45, 7) is 6.63. The van der Waals surface area contributed by atoms with Crippen molar-refractivity contribution in [3.05, 3.63) is 29.2 Å². The summed E-state index contributed by atoms with van der Waals surface area (Å²) in [6, 6.07) is 1.84. The van der Waals surface area contributed by atoms with E-state index >= 15 is 0 Å². The molecule has 2 aromatic heterocycles. The van der Waals surface area contributed by atoms with Gasteiger partial charge in [-0.15, -0.1) is 10.2 Å². The van der Waals surface area contributed by atoms with Gasteiger partial charge in [0.25, 0.3) is 5.91 Å². The molecule has 1 saturated heterocycles. The highest BCUT2D eigenvalue weighted by Gasteiger charge is 2.22. The number of fused-ring (bicyclic) bond motifs is 1. The highest BCUT2D eigenvalue weighted by Crippen LogP contribution is 2.16. The van der Waals surface area contributed by atoms with Gasteiger partial charge in [-0.25, -0.2) is 0 Å². The van der Waals surface area contributed by atoms with Crippen molar-refractivity contribution in [2.24, 2.45) is 0 Å². The maximum Gasteiger partial charge on any atom is 0.273 e. The van der Waals surface area contributed by atoms with Crippen LogP contribution in [0.2, 0.25) is 0 Å².